The highest BCUT2D eigenvalue weighted by molar-refractivity contribution is 5.56. The van der Waals surface area contributed by atoms with Gasteiger partial charge in [0.1, 0.15) is 5.75 Å². The van der Waals surface area contributed by atoms with Crippen LogP contribution in [0, 0.1) is 10.1 Å². The van der Waals surface area contributed by atoms with Crippen LogP contribution in [0.15, 0.2) is 36.5 Å². The number of ether oxygens (including phenoxy) is 2. The lowest BCUT2D eigenvalue weighted by atomic mass is 10.2. The summed E-state index contributed by atoms with van der Waals surface area (Å²) in [6.45, 7) is 0.432. The zero-order valence-electron chi connectivity index (χ0n) is 11.7. The highest BCUT2D eigenvalue weighted by atomic mass is 16.6. The molecular weight excluding hydrogens is 274 g/mol. The second-order valence-electron chi connectivity index (χ2n) is 4.20. The monoisotopic (exact) mass is 289 g/mol. The second kappa shape index (κ2) is 6.56. The number of non-ortho nitro benzene ring substituents is 1. The number of aromatic nitrogens is 1. The lowest BCUT2D eigenvalue weighted by Gasteiger charge is -2.10. The van der Waals surface area contributed by atoms with Crippen molar-refractivity contribution in [1.29, 1.82) is 0 Å². The van der Waals surface area contributed by atoms with Crippen molar-refractivity contribution in [2.24, 2.45) is 0 Å². The van der Waals surface area contributed by atoms with E-state index >= 15 is 0 Å². The predicted octanol–water partition coefficient (Wildman–Crippen LogP) is 2.62. The normalized spacial score (nSPS) is 10.0. The Morgan fingerprint density at radius 1 is 1.29 bits per heavy atom. The van der Waals surface area contributed by atoms with Gasteiger partial charge >= 0.3 is 0 Å². The van der Waals surface area contributed by atoms with E-state index in [4.69, 9.17) is 9.47 Å². The molecule has 0 spiro atoms. The summed E-state index contributed by atoms with van der Waals surface area (Å²) >= 11 is 0. The Morgan fingerprint density at radius 2 is 2.10 bits per heavy atom. The van der Waals surface area contributed by atoms with Gasteiger partial charge in [0.25, 0.3) is 5.69 Å². The fourth-order valence-corrected chi connectivity index (χ4v) is 1.85. The van der Waals surface area contributed by atoms with Crippen LogP contribution in [0.25, 0.3) is 0 Å². The van der Waals surface area contributed by atoms with E-state index in [0.717, 1.165) is 5.56 Å². The summed E-state index contributed by atoms with van der Waals surface area (Å²) in [5.74, 6) is 0.937. The van der Waals surface area contributed by atoms with Gasteiger partial charge in [0, 0.05) is 36.1 Å². The van der Waals surface area contributed by atoms with Crippen LogP contribution in [0.2, 0.25) is 0 Å². The Bertz CT molecular complexity index is 646. The van der Waals surface area contributed by atoms with Crippen molar-refractivity contribution < 1.29 is 14.4 Å². The molecule has 2 rings (SSSR count). The van der Waals surface area contributed by atoms with E-state index in [-0.39, 0.29) is 5.69 Å². The summed E-state index contributed by atoms with van der Waals surface area (Å²) < 4.78 is 10.2. The standard InChI is InChI=1S/C14H15N3O4/c1-20-13-7-11(6-12(8-13)17(18)19)16-9-10-4-3-5-15-14(10)21-2/h3-8,16H,9H2,1-2H3. The van der Waals surface area contributed by atoms with Crippen LogP contribution >= 0.6 is 0 Å². The van der Waals surface area contributed by atoms with Crippen molar-refractivity contribution in [3.8, 4) is 11.6 Å². The number of nitro groups is 1. The molecule has 110 valence electrons. The van der Waals surface area contributed by atoms with Gasteiger partial charge in [0.2, 0.25) is 5.88 Å². The van der Waals surface area contributed by atoms with Crippen molar-refractivity contribution in [3.63, 3.8) is 0 Å². The number of methoxy groups -OCH3 is 2. The minimum Gasteiger partial charge on any atom is -0.496 e. The second-order valence-corrected chi connectivity index (χ2v) is 4.20. The number of benzene rings is 1. The molecule has 7 heteroatoms. The van der Waals surface area contributed by atoms with Crippen molar-refractivity contribution in [1.82, 2.24) is 4.98 Å². The van der Waals surface area contributed by atoms with Gasteiger partial charge < -0.3 is 14.8 Å². The third kappa shape index (κ3) is 3.59. The molecule has 0 saturated heterocycles. The molecule has 7 nitrogen and oxygen atoms in total. The molecule has 0 fully saturated rings. The number of anilines is 1. The van der Waals surface area contributed by atoms with Gasteiger partial charge in [0.05, 0.1) is 25.2 Å². The third-order valence-electron chi connectivity index (χ3n) is 2.86. The van der Waals surface area contributed by atoms with Gasteiger partial charge in [-0.2, -0.15) is 0 Å². The number of nitro benzene ring substituents is 1. The van der Waals surface area contributed by atoms with E-state index in [1.807, 2.05) is 6.07 Å². The van der Waals surface area contributed by atoms with E-state index in [1.165, 1.54) is 19.2 Å². The van der Waals surface area contributed by atoms with Gasteiger partial charge in [-0.25, -0.2) is 4.98 Å². The van der Waals surface area contributed by atoms with Gasteiger partial charge in [0.15, 0.2) is 0 Å². The summed E-state index contributed by atoms with van der Waals surface area (Å²) in [4.78, 5) is 14.5. The molecule has 21 heavy (non-hydrogen) atoms. The van der Waals surface area contributed by atoms with Crippen LogP contribution in [-0.2, 0) is 6.54 Å². The van der Waals surface area contributed by atoms with Crippen LogP contribution in [0.3, 0.4) is 0 Å². The maximum absolute atomic E-state index is 10.9. The number of nitrogens with zero attached hydrogens (tertiary/aromatic N) is 2. The first-order valence-electron chi connectivity index (χ1n) is 6.19. The smallest absolute Gasteiger partial charge is 0.275 e. The SMILES string of the molecule is COc1cc(NCc2cccnc2OC)cc([N+](=O)[O-])c1. The molecule has 1 heterocycles. The maximum Gasteiger partial charge on any atom is 0.275 e. The van der Waals surface area contributed by atoms with Crippen LogP contribution in [0.1, 0.15) is 5.56 Å². The molecule has 0 aliphatic heterocycles. The van der Waals surface area contributed by atoms with Crippen LogP contribution in [-0.4, -0.2) is 24.1 Å². The van der Waals surface area contributed by atoms with Crippen molar-refractivity contribution in [2.75, 3.05) is 19.5 Å². The zero-order chi connectivity index (χ0) is 15.2. The first-order valence-corrected chi connectivity index (χ1v) is 6.19. The molecule has 1 aromatic carbocycles. The van der Waals surface area contributed by atoms with Crippen LogP contribution < -0.4 is 14.8 Å². The van der Waals surface area contributed by atoms with Crippen molar-refractivity contribution in [3.05, 3.63) is 52.2 Å². The summed E-state index contributed by atoms with van der Waals surface area (Å²) in [5, 5.41) is 14.0. The van der Waals surface area contributed by atoms with Gasteiger partial charge in [-0.1, -0.05) is 6.07 Å². The van der Waals surface area contributed by atoms with Gasteiger partial charge in [-0.05, 0) is 6.07 Å². The van der Waals surface area contributed by atoms with Crippen LogP contribution in [0.4, 0.5) is 11.4 Å². The first kappa shape index (κ1) is 14.6. The Morgan fingerprint density at radius 3 is 2.76 bits per heavy atom. The van der Waals surface area contributed by atoms with Gasteiger partial charge in [-0.3, -0.25) is 10.1 Å². The Balaban J connectivity index is 2.19. The van der Waals surface area contributed by atoms with Crippen LogP contribution in [0.5, 0.6) is 11.6 Å². The van der Waals surface area contributed by atoms with E-state index in [0.29, 0.717) is 23.9 Å². The van der Waals surface area contributed by atoms with E-state index in [2.05, 4.69) is 10.3 Å². The first-order chi connectivity index (χ1) is 10.1. The molecule has 2 aromatic rings. The lowest BCUT2D eigenvalue weighted by molar-refractivity contribution is -0.384. The number of hydrogen-bond donors (Lipinski definition) is 1. The van der Waals surface area contributed by atoms with Crippen molar-refractivity contribution in [2.45, 2.75) is 6.54 Å². The average molecular weight is 289 g/mol. The fourth-order valence-electron chi connectivity index (χ4n) is 1.85. The molecule has 0 bridgehead atoms. The number of hydrogen-bond acceptors (Lipinski definition) is 6. The highest BCUT2D eigenvalue weighted by Gasteiger charge is 2.11. The maximum atomic E-state index is 10.9. The minimum absolute atomic E-state index is 0.0324. The Kier molecular flexibility index (Phi) is 4.55. The molecule has 0 saturated carbocycles. The predicted molar refractivity (Wildman–Crippen MR) is 77.8 cm³/mol. The zero-order valence-corrected chi connectivity index (χ0v) is 11.7. The fraction of sp³-hybridized carbons (Fsp3) is 0.214. The van der Waals surface area contributed by atoms with E-state index < -0.39 is 4.92 Å². The molecule has 0 aliphatic rings. The molecule has 0 amide bonds. The Labute approximate surface area is 121 Å². The summed E-state index contributed by atoms with van der Waals surface area (Å²) in [6.07, 6.45) is 1.64. The highest BCUT2D eigenvalue weighted by Crippen LogP contribution is 2.26. The largest absolute Gasteiger partial charge is 0.496 e. The molecule has 1 aromatic heterocycles. The van der Waals surface area contributed by atoms with E-state index in [9.17, 15) is 10.1 Å². The molecule has 0 radical (unpaired) electrons. The number of nitrogens with one attached hydrogen (secondary N) is 1. The third-order valence-corrected chi connectivity index (χ3v) is 2.86. The van der Waals surface area contributed by atoms with E-state index in [1.54, 1.807) is 25.4 Å². The summed E-state index contributed by atoms with van der Waals surface area (Å²) in [5.41, 5.74) is 1.41. The van der Waals surface area contributed by atoms with Crippen molar-refractivity contribution >= 4 is 11.4 Å². The average Bonchev–Trinajstić information content (AvgIpc) is 2.52. The molecular formula is C14H15N3O4. The van der Waals surface area contributed by atoms with Gasteiger partial charge in [-0.15, -0.1) is 0 Å². The Hall–Kier alpha value is -2.83. The molecule has 0 atom stereocenters. The summed E-state index contributed by atoms with van der Waals surface area (Å²) in [6, 6.07) is 8.18. The lowest BCUT2D eigenvalue weighted by Crippen LogP contribution is -2.03. The minimum atomic E-state index is -0.460. The number of pyridine rings is 1. The molecule has 0 unspecified atom stereocenters. The number of rotatable bonds is 6. The molecule has 0 aliphatic carbocycles. The summed E-state index contributed by atoms with van der Waals surface area (Å²) in [7, 11) is 3.01. The molecule has 1 N–H and O–H groups in total. The quantitative estimate of drug-likeness (QED) is 0.649. The topological polar surface area (TPSA) is 86.5 Å².